The Kier molecular flexibility index (Phi) is 24.5. The quantitative estimate of drug-likeness (QED) is 0.174. The number of nitrogens with zero attached hydrogens (tertiary/aromatic N) is 1. The van der Waals surface area contributed by atoms with Gasteiger partial charge in [0.2, 0.25) is 0 Å². The second-order valence-corrected chi connectivity index (χ2v) is 8.34. The first kappa shape index (κ1) is 31.7. The maximum absolute atomic E-state index is 11.6. The van der Waals surface area contributed by atoms with E-state index in [1.807, 2.05) is 0 Å². The van der Waals surface area contributed by atoms with Crippen LogP contribution in [-0.4, -0.2) is 29.5 Å². The molecule has 0 N–H and O–H groups in total. The first-order valence-electron chi connectivity index (χ1n) is 12.3. The maximum atomic E-state index is 11.6. The smallest absolute Gasteiger partial charge is 0.549 e. The van der Waals surface area contributed by atoms with Crippen molar-refractivity contribution >= 4 is 5.97 Å². The molecule has 0 heterocycles. The summed E-state index contributed by atoms with van der Waals surface area (Å²) in [6.45, 7) is 8.66. The van der Waals surface area contributed by atoms with Crippen LogP contribution in [-0.2, 0) is 4.79 Å². The molecule has 0 aromatic carbocycles. The number of allylic oxidation sites excluding steroid dienone is 4. The molecule has 0 aliphatic heterocycles. The summed E-state index contributed by atoms with van der Waals surface area (Å²) in [6.07, 6.45) is 24.9. The van der Waals surface area contributed by atoms with Crippen molar-refractivity contribution in [2.45, 2.75) is 130 Å². The predicted molar refractivity (Wildman–Crippen MR) is 125 cm³/mol. The van der Waals surface area contributed by atoms with Crippen LogP contribution in [0.1, 0.15) is 118 Å². The molecule has 0 amide bonds. The molecule has 0 aromatic heterocycles. The van der Waals surface area contributed by atoms with Crippen LogP contribution in [0.2, 0.25) is 0 Å². The normalized spacial score (nSPS) is 13.8. The van der Waals surface area contributed by atoms with Crippen LogP contribution < -0.4 is 24.0 Å². The molecule has 30 heavy (non-hydrogen) atoms. The topological polar surface area (TPSA) is 43.4 Å². The Morgan fingerprint density at radius 2 is 1.20 bits per heavy atom. The minimum Gasteiger partial charge on any atom is -0.549 e. The summed E-state index contributed by atoms with van der Waals surface area (Å²) in [4.78, 5) is 13.9. The number of carbonyl (C=O) groups excluding carboxylic acids is 1. The first-order valence-corrected chi connectivity index (χ1v) is 12.3. The summed E-state index contributed by atoms with van der Waals surface area (Å²) in [5.74, 6) is -0.923. The Morgan fingerprint density at radius 1 is 0.767 bits per heavy atom. The number of carboxylic acid groups (broad SMARTS) is 1. The van der Waals surface area contributed by atoms with Gasteiger partial charge in [0.15, 0.2) is 0 Å². The molecular weight excluding hydrogens is 365 g/mol. The molecule has 0 fully saturated rings. The van der Waals surface area contributed by atoms with Gasteiger partial charge in [-0.3, -0.25) is 4.90 Å². The average molecular weight is 414 g/mol. The van der Waals surface area contributed by atoms with E-state index < -0.39 is 5.97 Å². The molecule has 0 saturated carbocycles. The average Bonchev–Trinajstić information content (AvgIpc) is 2.69. The van der Waals surface area contributed by atoms with Crippen molar-refractivity contribution in [3.63, 3.8) is 0 Å². The van der Waals surface area contributed by atoms with E-state index >= 15 is 0 Å². The summed E-state index contributed by atoms with van der Waals surface area (Å²) in [5, 5.41) is 11.6. The van der Waals surface area contributed by atoms with Crippen LogP contribution in [0.15, 0.2) is 24.3 Å². The number of hydrogen-bond acceptors (Lipinski definition) is 3. The summed E-state index contributed by atoms with van der Waals surface area (Å²) < 4.78 is 0. The second kappa shape index (κ2) is 23.2. The van der Waals surface area contributed by atoms with Crippen molar-refractivity contribution in [2.75, 3.05) is 6.54 Å². The summed E-state index contributed by atoms with van der Waals surface area (Å²) in [7, 11) is 0. The van der Waals surface area contributed by atoms with E-state index in [0.29, 0.717) is 12.1 Å². The molecule has 0 saturated heterocycles. The maximum Gasteiger partial charge on any atom is 1.00 e. The van der Waals surface area contributed by atoms with E-state index in [9.17, 15) is 9.90 Å². The fourth-order valence-corrected chi connectivity index (χ4v) is 4.30. The molecule has 2 atom stereocenters. The zero-order valence-electron chi connectivity index (χ0n) is 20.8. The van der Waals surface area contributed by atoms with Crippen molar-refractivity contribution in [3.05, 3.63) is 24.3 Å². The monoisotopic (exact) mass is 413 g/mol. The van der Waals surface area contributed by atoms with Crippen LogP contribution in [0.25, 0.3) is 0 Å². The van der Waals surface area contributed by atoms with Crippen molar-refractivity contribution in [1.82, 2.24) is 4.90 Å². The van der Waals surface area contributed by atoms with Gasteiger partial charge in [0.1, 0.15) is 0 Å². The molecule has 0 spiro atoms. The van der Waals surface area contributed by atoms with Crippen molar-refractivity contribution in [2.24, 2.45) is 0 Å². The molecule has 2 unspecified atom stereocenters. The predicted octanol–water partition coefficient (Wildman–Crippen LogP) is 3.43. The molecule has 0 aromatic rings. The molecule has 0 radical (unpaired) electrons. The standard InChI is InChI=1S/C26H49NO2.Li/c1-5-9-11-13-15-17-21-24(19-7-3)27(23-26(28)29)25(20-8-4)22-18-16-14-12-10-6-2;/h5-6,9-10,24-25H,7-8,11-23H2,1-4H3,(H,28,29);/q;+1/p-1/b9-5+,10-6+;. The zero-order valence-corrected chi connectivity index (χ0v) is 20.8. The number of rotatable bonds is 20. The van der Waals surface area contributed by atoms with Gasteiger partial charge in [0, 0.05) is 18.6 Å². The van der Waals surface area contributed by atoms with Gasteiger partial charge in [-0.05, 0) is 65.2 Å². The fraction of sp³-hybridized carbons (Fsp3) is 0.808. The van der Waals surface area contributed by atoms with Crippen LogP contribution in [0.5, 0.6) is 0 Å². The van der Waals surface area contributed by atoms with Gasteiger partial charge in [-0.2, -0.15) is 0 Å². The first-order chi connectivity index (χ1) is 14.1. The summed E-state index contributed by atoms with van der Waals surface area (Å²) in [6, 6.07) is 0.749. The molecule has 4 heteroatoms. The van der Waals surface area contributed by atoms with Gasteiger partial charge in [-0.1, -0.05) is 76.7 Å². The van der Waals surface area contributed by atoms with Gasteiger partial charge in [-0.15, -0.1) is 0 Å². The summed E-state index contributed by atoms with van der Waals surface area (Å²) in [5.41, 5.74) is 0. The number of aliphatic carboxylic acids is 1. The van der Waals surface area contributed by atoms with E-state index in [1.54, 1.807) is 0 Å². The van der Waals surface area contributed by atoms with Crippen LogP contribution >= 0.6 is 0 Å². The minimum atomic E-state index is -0.923. The number of carboxylic acids is 1. The van der Waals surface area contributed by atoms with Gasteiger partial charge in [-0.25, -0.2) is 0 Å². The number of hydrogen-bond donors (Lipinski definition) is 0. The van der Waals surface area contributed by atoms with E-state index in [1.165, 1.54) is 38.5 Å². The molecule has 0 rings (SSSR count). The van der Waals surface area contributed by atoms with E-state index in [4.69, 9.17) is 0 Å². The van der Waals surface area contributed by atoms with E-state index in [0.717, 1.165) is 51.4 Å². The van der Waals surface area contributed by atoms with Crippen molar-refractivity contribution < 1.29 is 28.8 Å². The van der Waals surface area contributed by atoms with E-state index in [-0.39, 0.29) is 25.4 Å². The Balaban J connectivity index is 0. The van der Waals surface area contributed by atoms with E-state index in [2.05, 4.69) is 56.9 Å². The third-order valence-electron chi connectivity index (χ3n) is 5.78. The van der Waals surface area contributed by atoms with Gasteiger partial charge < -0.3 is 9.90 Å². The molecule has 170 valence electrons. The summed E-state index contributed by atoms with van der Waals surface area (Å²) >= 11 is 0. The Bertz CT molecular complexity index is 405. The molecular formula is C26H48LiNO2. The van der Waals surface area contributed by atoms with Gasteiger partial charge in [0.25, 0.3) is 0 Å². The third-order valence-corrected chi connectivity index (χ3v) is 5.78. The van der Waals surface area contributed by atoms with Crippen molar-refractivity contribution in [1.29, 1.82) is 0 Å². The van der Waals surface area contributed by atoms with Crippen molar-refractivity contribution in [3.8, 4) is 0 Å². The molecule has 0 bridgehead atoms. The molecule has 0 aliphatic carbocycles. The number of carbonyl (C=O) groups is 1. The van der Waals surface area contributed by atoms with Crippen LogP contribution in [0, 0.1) is 0 Å². The Morgan fingerprint density at radius 3 is 1.53 bits per heavy atom. The van der Waals surface area contributed by atoms with Gasteiger partial charge >= 0.3 is 18.9 Å². The molecule has 0 aliphatic rings. The number of unbranched alkanes of at least 4 members (excludes halogenated alkanes) is 6. The van der Waals surface area contributed by atoms with Gasteiger partial charge in [0.05, 0.1) is 5.97 Å². The fourth-order valence-electron chi connectivity index (χ4n) is 4.30. The third kappa shape index (κ3) is 17.2. The second-order valence-electron chi connectivity index (χ2n) is 8.34. The molecule has 3 nitrogen and oxygen atoms in total. The minimum absolute atomic E-state index is 0. The van der Waals surface area contributed by atoms with Crippen LogP contribution in [0.3, 0.4) is 0 Å². The SMILES string of the molecule is C/C=C/CCCCCC(CCC)N(CC(=O)[O-])C(CCC)CCCCC/C=C/C.[Li+]. The Hall–Kier alpha value is -0.493. The largest absolute Gasteiger partial charge is 1.00 e. The van der Waals surface area contributed by atoms with Crippen LogP contribution in [0.4, 0.5) is 0 Å². The Labute approximate surface area is 199 Å². The zero-order chi connectivity index (χ0) is 21.7.